The zero-order chi connectivity index (χ0) is 26.1. The summed E-state index contributed by atoms with van der Waals surface area (Å²) in [7, 11) is 3.55. The first-order chi connectivity index (χ1) is 17.9. The average molecular weight is 501 g/mol. The van der Waals surface area contributed by atoms with E-state index in [9.17, 15) is 9.59 Å². The lowest BCUT2D eigenvalue weighted by Crippen LogP contribution is -2.41. The Labute approximate surface area is 217 Å². The zero-order valence-electron chi connectivity index (χ0n) is 21.5. The number of hydrazine groups is 2. The van der Waals surface area contributed by atoms with Crippen molar-refractivity contribution in [2.75, 3.05) is 30.7 Å². The number of hydrogen-bond acceptors (Lipinski definition) is 6. The van der Waals surface area contributed by atoms with Gasteiger partial charge in [0.1, 0.15) is 11.4 Å². The molecule has 37 heavy (non-hydrogen) atoms. The molecule has 0 fully saturated rings. The van der Waals surface area contributed by atoms with E-state index in [1.807, 2.05) is 64.4 Å². The third-order valence-corrected chi connectivity index (χ3v) is 7.17. The number of carbonyl (C=O) groups is 2. The summed E-state index contributed by atoms with van der Waals surface area (Å²) < 4.78 is 5.67. The van der Waals surface area contributed by atoms with Gasteiger partial charge in [-0.1, -0.05) is 31.2 Å². The van der Waals surface area contributed by atoms with Crippen molar-refractivity contribution in [1.29, 1.82) is 0 Å². The van der Waals surface area contributed by atoms with Gasteiger partial charge in [0.25, 0.3) is 5.91 Å². The maximum Gasteiger partial charge on any atom is 0.303 e. The fourth-order valence-corrected chi connectivity index (χ4v) is 5.18. The molecule has 0 atom stereocenters. The summed E-state index contributed by atoms with van der Waals surface area (Å²) in [6.45, 7) is 3.29. The van der Waals surface area contributed by atoms with Gasteiger partial charge in [-0.05, 0) is 71.8 Å². The van der Waals surface area contributed by atoms with E-state index < -0.39 is 5.97 Å². The number of aryl methyl sites for hydroxylation is 2. The van der Waals surface area contributed by atoms with Crippen molar-refractivity contribution in [2.24, 2.45) is 0 Å². The zero-order valence-corrected chi connectivity index (χ0v) is 21.5. The van der Waals surface area contributed by atoms with E-state index in [4.69, 9.17) is 9.84 Å². The Kier molecular flexibility index (Phi) is 6.76. The lowest BCUT2D eigenvalue weighted by atomic mass is 9.96. The fourth-order valence-electron chi connectivity index (χ4n) is 5.18. The topological polar surface area (TPSA) is 85.4 Å². The van der Waals surface area contributed by atoms with Gasteiger partial charge in [0, 0.05) is 32.1 Å². The molecular weight excluding hydrogens is 468 g/mol. The third kappa shape index (κ3) is 4.72. The summed E-state index contributed by atoms with van der Waals surface area (Å²) in [5, 5.41) is 13.1. The van der Waals surface area contributed by atoms with Crippen LogP contribution in [-0.4, -0.2) is 42.6 Å². The molecular formula is C29H32N4O4. The van der Waals surface area contributed by atoms with Crippen LogP contribution >= 0.6 is 0 Å². The van der Waals surface area contributed by atoms with Crippen LogP contribution in [0.5, 0.6) is 5.75 Å². The predicted octanol–water partition coefficient (Wildman–Crippen LogP) is 4.48. The van der Waals surface area contributed by atoms with Crippen molar-refractivity contribution in [3.05, 3.63) is 82.4 Å². The largest absolute Gasteiger partial charge is 0.494 e. The number of rotatable bonds is 7. The van der Waals surface area contributed by atoms with Crippen molar-refractivity contribution in [3.8, 4) is 5.75 Å². The van der Waals surface area contributed by atoms with Crippen LogP contribution in [0.2, 0.25) is 0 Å². The van der Waals surface area contributed by atoms with Crippen molar-refractivity contribution in [1.82, 2.24) is 10.4 Å². The number of anilines is 3. The summed E-state index contributed by atoms with van der Waals surface area (Å²) >= 11 is 0. The molecule has 192 valence electrons. The number of nitrogens with zero attached hydrogens (tertiary/aromatic N) is 3. The van der Waals surface area contributed by atoms with Crippen LogP contribution in [0.25, 0.3) is 0 Å². The van der Waals surface area contributed by atoms with Crippen LogP contribution in [0, 0.1) is 0 Å². The molecule has 0 spiro atoms. The maximum atomic E-state index is 13.2. The van der Waals surface area contributed by atoms with Crippen LogP contribution in [0.3, 0.4) is 0 Å². The van der Waals surface area contributed by atoms with E-state index in [-0.39, 0.29) is 12.3 Å². The molecule has 8 nitrogen and oxygen atoms in total. The van der Waals surface area contributed by atoms with E-state index >= 15 is 0 Å². The Bertz CT molecular complexity index is 1340. The molecule has 8 heteroatoms. The van der Waals surface area contributed by atoms with Gasteiger partial charge in [0.05, 0.1) is 18.5 Å². The number of fused-ring (bicyclic) bond motifs is 2. The third-order valence-electron chi connectivity index (χ3n) is 7.17. The number of hydrogen-bond donors (Lipinski definition) is 2. The second kappa shape index (κ2) is 10.1. The summed E-state index contributed by atoms with van der Waals surface area (Å²) in [6, 6.07) is 18.0. The Morgan fingerprint density at radius 1 is 1.05 bits per heavy atom. The van der Waals surface area contributed by atoms with Gasteiger partial charge in [-0.2, -0.15) is 0 Å². The number of benzene rings is 3. The monoisotopic (exact) mass is 500 g/mol. The number of nitrogens with one attached hydrogen (secondary N) is 1. The smallest absolute Gasteiger partial charge is 0.303 e. The van der Waals surface area contributed by atoms with Gasteiger partial charge in [-0.25, -0.2) is 0 Å². The molecule has 5 rings (SSSR count). The summed E-state index contributed by atoms with van der Waals surface area (Å²) in [6.07, 6.45) is 2.15. The number of amides is 1. The van der Waals surface area contributed by atoms with Gasteiger partial charge in [-0.3, -0.25) is 19.6 Å². The first-order valence-corrected chi connectivity index (χ1v) is 12.6. The lowest BCUT2D eigenvalue weighted by molar-refractivity contribution is -0.136. The minimum atomic E-state index is -0.830. The number of methoxy groups -OCH3 is 1. The standard InChI is InChI=1S/C29H32N4O4/c1-4-19-8-11-21(12-9-19)29(36)32-15-14-23-22(18-32)6-5-7-24(23)33-25-16-20(10-13-27(34)35)17-26(37-3)28(25)31(2)30-33/h5-9,11-12,16-17,30H,4,10,13-15,18H2,1-3H3,(H,34,35). The molecule has 1 amide bonds. The van der Waals surface area contributed by atoms with Gasteiger partial charge >= 0.3 is 5.97 Å². The second-order valence-electron chi connectivity index (χ2n) is 9.50. The lowest BCUT2D eigenvalue weighted by Gasteiger charge is -2.32. The quantitative estimate of drug-likeness (QED) is 0.495. The van der Waals surface area contributed by atoms with E-state index in [1.54, 1.807) is 7.11 Å². The van der Waals surface area contributed by atoms with Gasteiger partial charge in [0.15, 0.2) is 0 Å². The molecule has 0 saturated carbocycles. The number of carboxylic acid groups (broad SMARTS) is 1. The van der Waals surface area contributed by atoms with Gasteiger partial charge in [0.2, 0.25) is 0 Å². The van der Waals surface area contributed by atoms with Crippen molar-refractivity contribution in [2.45, 2.75) is 39.2 Å². The Morgan fingerprint density at radius 2 is 1.84 bits per heavy atom. The Balaban J connectivity index is 1.44. The van der Waals surface area contributed by atoms with E-state index in [0.29, 0.717) is 25.3 Å². The van der Waals surface area contributed by atoms with Crippen LogP contribution < -0.4 is 20.3 Å². The predicted molar refractivity (Wildman–Crippen MR) is 143 cm³/mol. The number of carbonyl (C=O) groups excluding carboxylic acids is 1. The number of ether oxygens (including phenoxy) is 1. The highest BCUT2D eigenvalue weighted by Gasteiger charge is 2.32. The minimum absolute atomic E-state index is 0.0518. The molecule has 3 aromatic carbocycles. The van der Waals surface area contributed by atoms with Crippen LogP contribution in [0.1, 0.15) is 46.0 Å². The van der Waals surface area contributed by atoms with E-state index in [2.05, 4.69) is 24.6 Å². The van der Waals surface area contributed by atoms with Crippen molar-refractivity contribution >= 4 is 28.9 Å². The van der Waals surface area contributed by atoms with Gasteiger partial charge < -0.3 is 14.7 Å². The normalized spacial score (nSPS) is 14.4. The van der Waals surface area contributed by atoms with Crippen LogP contribution in [0.15, 0.2) is 54.6 Å². The van der Waals surface area contributed by atoms with Crippen molar-refractivity contribution in [3.63, 3.8) is 0 Å². The highest BCUT2D eigenvalue weighted by Crippen LogP contribution is 2.46. The first-order valence-electron chi connectivity index (χ1n) is 12.6. The summed E-state index contributed by atoms with van der Waals surface area (Å²) in [4.78, 5) is 26.3. The molecule has 0 bridgehead atoms. The Hall–Kier alpha value is -4.04. The van der Waals surface area contributed by atoms with Crippen LogP contribution in [0.4, 0.5) is 17.1 Å². The minimum Gasteiger partial charge on any atom is -0.494 e. The second-order valence-corrected chi connectivity index (χ2v) is 9.50. The first kappa shape index (κ1) is 24.6. The molecule has 0 aromatic heterocycles. The van der Waals surface area contributed by atoms with Gasteiger partial charge in [-0.15, -0.1) is 5.53 Å². The molecule has 2 heterocycles. The SMILES string of the molecule is CCc1ccc(C(=O)N2CCc3c(cccc3N3NN(C)c4c(OC)cc(CCC(=O)O)cc43)C2)cc1. The number of aliphatic carboxylic acids is 1. The van der Waals surface area contributed by atoms with E-state index in [1.165, 1.54) is 11.1 Å². The summed E-state index contributed by atoms with van der Waals surface area (Å²) in [5.74, 6) is -0.0916. The molecule has 3 aromatic rings. The number of carboxylic acids is 1. The highest BCUT2D eigenvalue weighted by molar-refractivity contribution is 5.94. The molecule has 2 aliphatic heterocycles. The summed E-state index contributed by atoms with van der Waals surface area (Å²) in [5.41, 5.74) is 11.4. The molecule has 2 N–H and O–H groups in total. The van der Waals surface area contributed by atoms with E-state index in [0.717, 1.165) is 46.6 Å². The molecule has 2 aliphatic rings. The van der Waals surface area contributed by atoms with Crippen molar-refractivity contribution < 1.29 is 19.4 Å². The van der Waals surface area contributed by atoms with Crippen LogP contribution in [-0.2, 0) is 30.6 Å². The fraction of sp³-hybridized carbons (Fsp3) is 0.310. The molecule has 0 radical (unpaired) electrons. The molecule has 0 saturated heterocycles. The molecule has 0 unspecified atom stereocenters. The maximum absolute atomic E-state index is 13.2. The molecule has 0 aliphatic carbocycles. The highest BCUT2D eigenvalue weighted by atomic mass is 16.5. The average Bonchev–Trinajstić information content (AvgIpc) is 3.26. The Morgan fingerprint density at radius 3 is 2.54 bits per heavy atom.